The molecular weight excluding hydrogens is 270 g/mol. The normalized spacial score (nSPS) is 10.8. The molecule has 0 unspecified atom stereocenters. The van der Waals surface area contributed by atoms with Gasteiger partial charge in [0.05, 0.1) is 18.4 Å². The molecule has 0 aromatic carbocycles. The summed E-state index contributed by atoms with van der Waals surface area (Å²) in [4.78, 5) is 19.3. The number of hydrogen-bond acceptors (Lipinski definition) is 5. The largest absolute Gasteiger partial charge is 0.469 e. The zero-order valence-electron chi connectivity index (χ0n) is 10.9. The van der Waals surface area contributed by atoms with Crippen molar-refractivity contribution in [1.29, 1.82) is 0 Å². The summed E-state index contributed by atoms with van der Waals surface area (Å²) in [6.07, 6.45) is -0.438. The molecule has 7 heteroatoms. The topological polar surface area (TPSA) is 65.2 Å². The van der Waals surface area contributed by atoms with Gasteiger partial charge in [0.2, 0.25) is 0 Å². The van der Waals surface area contributed by atoms with Crippen LogP contribution in [0, 0.1) is 6.92 Å². The van der Waals surface area contributed by atoms with Gasteiger partial charge in [-0.2, -0.15) is 0 Å². The lowest BCUT2D eigenvalue weighted by Crippen LogP contribution is -2.11. The number of furan rings is 1. The summed E-state index contributed by atoms with van der Waals surface area (Å²) in [7, 11) is 0. The zero-order chi connectivity index (χ0) is 14.7. The van der Waals surface area contributed by atoms with Crippen LogP contribution in [-0.4, -0.2) is 22.5 Å². The van der Waals surface area contributed by atoms with Crippen molar-refractivity contribution in [3.63, 3.8) is 0 Å². The fraction of sp³-hybridized carbons (Fsp3) is 0.308. The first-order chi connectivity index (χ1) is 9.54. The Hall–Kier alpha value is -2.31. The number of halogens is 2. The van der Waals surface area contributed by atoms with Crippen molar-refractivity contribution in [3.8, 4) is 11.4 Å². The predicted octanol–water partition coefficient (Wildman–Crippen LogP) is 3.16. The van der Waals surface area contributed by atoms with Crippen LogP contribution < -0.4 is 0 Å². The Morgan fingerprint density at radius 2 is 2.25 bits per heavy atom. The highest BCUT2D eigenvalue weighted by molar-refractivity contribution is 5.90. The highest BCUT2D eigenvalue weighted by Crippen LogP contribution is 2.26. The van der Waals surface area contributed by atoms with Crippen LogP contribution in [0.15, 0.2) is 22.9 Å². The Morgan fingerprint density at radius 1 is 1.50 bits per heavy atom. The molecular formula is C13H12F2N2O3. The second-order valence-electron chi connectivity index (χ2n) is 3.90. The van der Waals surface area contributed by atoms with Gasteiger partial charge in [-0.05, 0) is 19.9 Å². The number of alkyl halides is 2. The number of carbonyl (C=O) groups is 1. The van der Waals surface area contributed by atoms with Crippen molar-refractivity contribution in [2.45, 2.75) is 20.3 Å². The lowest BCUT2D eigenvalue weighted by Gasteiger charge is -2.08. The molecule has 0 aliphatic carbocycles. The van der Waals surface area contributed by atoms with Gasteiger partial charge < -0.3 is 9.15 Å². The molecule has 0 amide bonds. The number of ether oxygens (including phenoxy) is 1. The van der Waals surface area contributed by atoms with Gasteiger partial charge >= 0.3 is 5.97 Å². The Bertz CT molecular complexity index is 626. The van der Waals surface area contributed by atoms with Gasteiger partial charge in [-0.1, -0.05) is 0 Å². The van der Waals surface area contributed by atoms with Crippen molar-refractivity contribution >= 4 is 5.97 Å². The average Bonchev–Trinajstić information content (AvgIpc) is 2.84. The van der Waals surface area contributed by atoms with Gasteiger partial charge in [0.25, 0.3) is 6.43 Å². The second kappa shape index (κ2) is 5.77. The first-order valence-corrected chi connectivity index (χ1v) is 5.91. The van der Waals surface area contributed by atoms with Gasteiger partial charge in [-0.25, -0.2) is 23.5 Å². The number of hydrogen-bond donors (Lipinski definition) is 0. The number of aryl methyl sites for hydroxylation is 1. The molecule has 0 saturated heterocycles. The Balaban J connectivity index is 2.48. The monoisotopic (exact) mass is 282 g/mol. The quantitative estimate of drug-likeness (QED) is 0.806. The van der Waals surface area contributed by atoms with Gasteiger partial charge in [0, 0.05) is 6.20 Å². The van der Waals surface area contributed by atoms with Gasteiger partial charge in [0.15, 0.2) is 5.82 Å². The Kier molecular flexibility index (Phi) is 4.07. The summed E-state index contributed by atoms with van der Waals surface area (Å²) in [5.74, 6) is -0.271. The van der Waals surface area contributed by atoms with E-state index in [1.807, 2.05) is 0 Å². The standard InChI is InChI=1S/C13H12F2N2O3/c1-3-19-13(18)9-6-16-12(17-10(9)11(14)15)8-4-5-20-7(8)2/h4-6,11H,3H2,1-2H3. The molecule has 0 aliphatic rings. The van der Waals surface area contributed by atoms with E-state index in [0.29, 0.717) is 11.3 Å². The van der Waals surface area contributed by atoms with E-state index in [1.54, 1.807) is 19.9 Å². The van der Waals surface area contributed by atoms with Gasteiger partial charge in [0.1, 0.15) is 17.0 Å². The van der Waals surface area contributed by atoms with E-state index in [1.165, 1.54) is 6.26 Å². The van der Waals surface area contributed by atoms with E-state index in [-0.39, 0.29) is 18.0 Å². The SMILES string of the molecule is CCOC(=O)c1cnc(-c2ccoc2C)nc1C(F)F. The van der Waals surface area contributed by atoms with Gasteiger partial charge in [-0.15, -0.1) is 0 Å². The molecule has 0 fully saturated rings. The second-order valence-corrected chi connectivity index (χ2v) is 3.90. The molecule has 0 saturated carbocycles. The number of aromatic nitrogens is 2. The molecule has 0 atom stereocenters. The van der Waals surface area contributed by atoms with Crippen LogP contribution in [0.1, 0.15) is 35.2 Å². The Labute approximate surface area is 113 Å². The van der Waals surface area contributed by atoms with E-state index in [2.05, 4.69) is 9.97 Å². The van der Waals surface area contributed by atoms with E-state index in [4.69, 9.17) is 9.15 Å². The highest BCUT2D eigenvalue weighted by atomic mass is 19.3. The third-order valence-electron chi connectivity index (χ3n) is 2.62. The first kappa shape index (κ1) is 14.1. The van der Waals surface area contributed by atoms with E-state index >= 15 is 0 Å². The van der Waals surface area contributed by atoms with Gasteiger partial charge in [-0.3, -0.25) is 0 Å². The number of esters is 1. The van der Waals surface area contributed by atoms with E-state index in [9.17, 15) is 13.6 Å². The molecule has 106 valence electrons. The molecule has 20 heavy (non-hydrogen) atoms. The minimum atomic E-state index is -2.90. The fourth-order valence-corrected chi connectivity index (χ4v) is 1.67. The van der Waals surface area contributed by atoms with Crippen LogP contribution in [0.5, 0.6) is 0 Å². The maximum atomic E-state index is 13.0. The average molecular weight is 282 g/mol. The van der Waals surface area contributed by atoms with Crippen molar-refractivity contribution in [3.05, 3.63) is 35.5 Å². The summed E-state index contributed by atoms with van der Waals surface area (Å²) in [5.41, 5.74) is -0.469. The third-order valence-corrected chi connectivity index (χ3v) is 2.62. The summed E-state index contributed by atoms with van der Waals surface area (Å²) in [5, 5.41) is 0. The first-order valence-electron chi connectivity index (χ1n) is 5.91. The highest BCUT2D eigenvalue weighted by Gasteiger charge is 2.23. The zero-order valence-corrected chi connectivity index (χ0v) is 10.9. The summed E-state index contributed by atoms with van der Waals surface area (Å²) >= 11 is 0. The van der Waals surface area contributed by atoms with Crippen molar-refractivity contribution in [2.75, 3.05) is 6.61 Å². The molecule has 0 bridgehead atoms. The van der Waals surface area contributed by atoms with Crippen LogP contribution in [0.25, 0.3) is 11.4 Å². The number of nitrogens with zero attached hydrogens (tertiary/aromatic N) is 2. The molecule has 0 aliphatic heterocycles. The molecule has 0 spiro atoms. The van der Waals surface area contributed by atoms with Crippen LogP contribution >= 0.6 is 0 Å². The summed E-state index contributed by atoms with van der Waals surface area (Å²) in [6, 6.07) is 1.57. The summed E-state index contributed by atoms with van der Waals surface area (Å²) in [6.45, 7) is 3.34. The van der Waals surface area contributed by atoms with Crippen LogP contribution in [0.3, 0.4) is 0 Å². The molecule has 2 heterocycles. The summed E-state index contributed by atoms with van der Waals surface area (Å²) < 4.78 is 35.8. The lowest BCUT2D eigenvalue weighted by molar-refractivity contribution is 0.0513. The predicted molar refractivity (Wildman–Crippen MR) is 65.4 cm³/mol. The molecule has 0 N–H and O–H groups in total. The van der Waals surface area contributed by atoms with Crippen LogP contribution in [-0.2, 0) is 4.74 Å². The molecule has 0 radical (unpaired) electrons. The van der Waals surface area contributed by atoms with Crippen LogP contribution in [0.4, 0.5) is 8.78 Å². The van der Waals surface area contributed by atoms with Crippen LogP contribution in [0.2, 0.25) is 0 Å². The Morgan fingerprint density at radius 3 is 2.80 bits per heavy atom. The molecule has 2 aromatic heterocycles. The smallest absolute Gasteiger partial charge is 0.341 e. The lowest BCUT2D eigenvalue weighted by atomic mass is 10.2. The van der Waals surface area contributed by atoms with E-state index < -0.39 is 18.1 Å². The molecule has 2 rings (SSSR count). The van der Waals surface area contributed by atoms with Crippen molar-refractivity contribution in [2.24, 2.45) is 0 Å². The molecule has 2 aromatic rings. The van der Waals surface area contributed by atoms with E-state index in [0.717, 1.165) is 6.20 Å². The minimum absolute atomic E-state index is 0.0830. The number of carbonyl (C=O) groups excluding carboxylic acids is 1. The maximum absolute atomic E-state index is 13.0. The minimum Gasteiger partial charge on any atom is -0.469 e. The molecule has 5 nitrogen and oxygen atoms in total. The van der Waals surface area contributed by atoms with Crippen molar-refractivity contribution < 1.29 is 22.7 Å². The fourth-order valence-electron chi connectivity index (χ4n) is 1.67. The van der Waals surface area contributed by atoms with Crippen molar-refractivity contribution in [1.82, 2.24) is 9.97 Å². The maximum Gasteiger partial charge on any atom is 0.341 e. The number of rotatable bonds is 4. The third kappa shape index (κ3) is 2.66.